The molecular weight excluding hydrogens is 368 g/mol. The predicted molar refractivity (Wildman–Crippen MR) is 111 cm³/mol. The number of amides is 1. The molecule has 1 aromatic heterocycles. The predicted octanol–water partition coefficient (Wildman–Crippen LogP) is 3.79. The van der Waals surface area contributed by atoms with Crippen LogP contribution in [0.5, 0.6) is 5.75 Å². The number of hydrogen-bond donors (Lipinski definition) is 1. The van der Waals surface area contributed by atoms with Crippen LogP contribution in [0, 0.1) is 0 Å². The Morgan fingerprint density at radius 2 is 1.86 bits per heavy atom. The minimum absolute atomic E-state index is 0.147. The van der Waals surface area contributed by atoms with E-state index in [1.807, 2.05) is 24.3 Å². The first kappa shape index (κ1) is 19.3. The van der Waals surface area contributed by atoms with Gasteiger partial charge in [0, 0.05) is 17.5 Å². The van der Waals surface area contributed by atoms with Crippen molar-refractivity contribution in [2.75, 3.05) is 13.7 Å². The molecule has 1 fully saturated rings. The van der Waals surface area contributed by atoms with Crippen molar-refractivity contribution in [3.05, 3.63) is 64.6 Å². The summed E-state index contributed by atoms with van der Waals surface area (Å²) in [6.45, 7) is 2.24. The third-order valence-corrected chi connectivity index (χ3v) is 6.13. The lowest BCUT2D eigenvalue weighted by molar-refractivity contribution is -0.124. The summed E-state index contributed by atoms with van der Waals surface area (Å²) in [5.74, 6) is 0.141. The topological polar surface area (TPSA) is 73.5 Å². The largest absolute Gasteiger partial charge is 0.496 e. The molecule has 2 aromatic carbocycles. The Hall–Kier alpha value is -3.02. The molecule has 1 N–H and O–H groups in total. The van der Waals surface area contributed by atoms with E-state index in [-0.39, 0.29) is 11.3 Å². The molecule has 1 heterocycles. The van der Waals surface area contributed by atoms with E-state index in [2.05, 4.69) is 11.4 Å². The van der Waals surface area contributed by atoms with Crippen LogP contribution in [0.25, 0.3) is 11.1 Å². The average Bonchev–Trinajstić information content (AvgIpc) is 3.35. The van der Waals surface area contributed by atoms with Crippen molar-refractivity contribution in [3.8, 4) is 5.75 Å². The monoisotopic (exact) mass is 394 g/mol. The number of carbonyl (C=O) groups excluding carboxylic acids is 1. The molecule has 1 unspecified atom stereocenters. The molecule has 1 amide bonds. The van der Waals surface area contributed by atoms with E-state index in [1.165, 1.54) is 4.57 Å². The Balaban J connectivity index is 1.57. The van der Waals surface area contributed by atoms with Crippen molar-refractivity contribution in [1.29, 1.82) is 0 Å². The second-order valence-corrected chi connectivity index (χ2v) is 7.79. The fourth-order valence-electron chi connectivity index (χ4n) is 4.55. The maximum atomic E-state index is 13.0. The fraction of sp³-hybridized carbons (Fsp3) is 0.391. The molecule has 1 aliphatic rings. The third-order valence-electron chi connectivity index (χ3n) is 6.13. The highest BCUT2D eigenvalue weighted by Crippen LogP contribution is 2.44. The average molecular weight is 394 g/mol. The van der Waals surface area contributed by atoms with Gasteiger partial charge in [-0.25, -0.2) is 4.79 Å². The molecule has 0 aliphatic heterocycles. The van der Waals surface area contributed by atoms with Gasteiger partial charge in [-0.3, -0.25) is 9.36 Å². The molecule has 6 nitrogen and oxygen atoms in total. The van der Waals surface area contributed by atoms with Crippen LogP contribution in [-0.2, 0) is 10.2 Å². The minimum Gasteiger partial charge on any atom is -0.496 e. The zero-order valence-corrected chi connectivity index (χ0v) is 16.8. The van der Waals surface area contributed by atoms with Gasteiger partial charge in [-0.05, 0) is 38.0 Å². The normalized spacial score (nSPS) is 16.6. The molecule has 0 radical (unpaired) electrons. The number of aromatic nitrogens is 1. The fourth-order valence-corrected chi connectivity index (χ4v) is 4.55. The van der Waals surface area contributed by atoms with Crippen molar-refractivity contribution in [2.24, 2.45) is 0 Å². The zero-order chi connectivity index (χ0) is 20.4. The Kier molecular flexibility index (Phi) is 5.18. The van der Waals surface area contributed by atoms with Gasteiger partial charge >= 0.3 is 5.76 Å². The number of ether oxygens (including phenoxy) is 1. The van der Waals surface area contributed by atoms with Crippen LogP contribution in [0.4, 0.5) is 0 Å². The van der Waals surface area contributed by atoms with Crippen LogP contribution in [-0.4, -0.2) is 24.1 Å². The molecule has 152 valence electrons. The van der Waals surface area contributed by atoms with Crippen LogP contribution < -0.4 is 15.8 Å². The van der Waals surface area contributed by atoms with Crippen LogP contribution in [0.1, 0.15) is 44.2 Å². The van der Waals surface area contributed by atoms with Crippen LogP contribution >= 0.6 is 0 Å². The summed E-state index contributed by atoms with van der Waals surface area (Å²) >= 11 is 0. The van der Waals surface area contributed by atoms with Crippen molar-refractivity contribution in [3.63, 3.8) is 0 Å². The smallest absolute Gasteiger partial charge is 0.420 e. The summed E-state index contributed by atoms with van der Waals surface area (Å²) in [6, 6.07) is 14.5. The molecule has 1 atom stereocenters. The number of hydrogen-bond acceptors (Lipinski definition) is 4. The number of fused-ring (bicyclic) bond motifs is 1. The van der Waals surface area contributed by atoms with E-state index in [9.17, 15) is 9.59 Å². The van der Waals surface area contributed by atoms with E-state index in [4.69, 9.17) is 9.15 Å². The zero-order valence-electron chi connectivity index (χ0n) is 16.8. The van der Waals surface area contributed by atoms with Crippen LogP contribution in [0.3, 0.4) is 0 Å². The minimum atomic E-state index is -0.665. The SMILES string of the molecule is COc1ccccc1C1(CNC(=O)C(C)n2c(=O)oc3ccccc32)CCCC1. The van der Waals surface area contributed by atoms with E-state index < -0.39 is 11.8 Å². The van der Waals surface area contributed by atoms with Crippen molar-refractivity contribution in [1.82, 2.24) is 9.88 Å². The number of methoxy groups -OCH3 is 1. The van der Waals surface area contributed by atoms with Crippen molar-refractivity contribution < 1.29 is 13.9 Å². The van der Waals surface area contributed by atoms with Gasteiger partial charge in [-0.15, -0.1) is 0 Å². The number of nitrogens with one attached hydrogen (secondary N) is 1. The molecule has 0 bridgehead atoms. The molecule has 0 spiro atoms. The Morgan fingerprint density at radius 1 is 1.17 bits per heavy atom. The van der Waals surface area contributed by atoms with Gasteiger partial charge < -0.3 is 14.5 Å². The molecule has 0 saturated heterocycles. The van der Waals surface area contributed by atoms with Gasteiger partial charge in [-0.2, -0.15) is 0 Å². The number of para-hydroxylation sites is 3. The highest BCUT2D eigenvalue weighted by atomic mass is 16.5. The number of carbonyl (C=O) groups is 1. The van der Waals surface area contributed by atoms with Crippen LogP contribution in [0.15, 0.2) is 57.7 Å². The molecule has 29 heavy (non-hydrogen) atoms. The maximum Gasteiger partial charge on any atom is 0.420 e. The quantitative estimate of drug-likeness (QED) is 0.690. The lowest BCUT2D eigenvalue weighted by atomic mass is 9.78. The molecule has 1 saturated carbocycles. The highest BCUT2D eigenvalue weighted by Gasteiger charge is 2.38. The van der Waals surface area contributed by atoms with E-state index in [0.29, 0.717) is 17.6 Å². The summed E-state index contributed by atoms with van der Waals surface area (Å²) in [5.41, 5.74) is 2.10. The van der Waals surface area contributed by atoms with Crippen molar-refractivity contribution in [2.45, 2.75) is 44.1 Å². The van der Waals surface area contributed by atoms with Crippen molar-refractivity contribution >= 4 is 17.0 Å². The molecule has 1 aliphatic carbocycles. The lowest BCUT2D eigenvalue weighted by Gasteiger charge is -2.32. The summed E-state index contributed by atoms with van der Waals surface area (Å²) in [6.07, 6.45) is 4.23. The maximum absolute atomic E-state index is 13.0. The van der Waals surface area contributed by atoms with Gasteiger partial charge in [0.15, 0.2) is 5.58 Å². The first-order valence-electron chi connectivity index (χ1n) is 10.1. The standard InChI is InChI=1S/C23H26N2O4/c1-16(25-18-10-4-6-12-20(18)29-22(25)27)21(26)24-15-23(13-7-8-14-23)17-9-3-5-11-19(17)28-2/h3-6,9-12,16H,7-8,13-15H2,1-2H3,(H,24,26). The van der Waals surface area contributed by atoms with Gasteiger partial charge in [-0.1, -0.05) is 43.2 Å². The second kappa shape index (κ2) is 7.78. The van der Waals surface area contributed by atoms with E-state index in [1.54, 1.807) is 32.2 Å². The number of rotatable bonds is 6. The first-order chi connectivity index (χ1) is 14.1. The summed E-state index contributed by atoms with van der Waals surface area (Å²) in [5, 5.41) is 3.10. The number of nitrogens with zero attached hydrogens (tertiary/aromatic N) is 1. The lowest BCUT2D eigenvalue weighted by Crippen LogP contribution is -2.42. The Morgan fingerprint density at radius 3 is 2.62 bits per heavy atom. The highest BCUT2D eigenvalue weighted by molar-refractivity contribution is 5.83. The molecule has 6 heteroatoms. The van der Waals surface area contributed by atoms with Gasteiger partial charge in [0.2, 0.25) is 5.91 Å². The van der Waals surface area contributed by atoms with Gasteiger partial charge in [0.05, 0.1) is 12.6 Å². The van der Waals surface area contributed by atoms with E-state index >= 15 is 0 Å². The second-order valence-electron chi connectivity index (χ2n) is 7.79. The van der Waals surface area contributed by atoms with Crippen LogP contribution in [0.2, 0.25) is 0 Å². The van der Waals surface area contributed by atoms with Gasteiger partial charge in [0.25, 0.3) is 0 Å². The summed E-state index contributed by atoms with van der Waals surface area (Å²) < 4.78 is 12.3. The number of oxazole rings is 1. The molecule has 4 rings (SSSR count). The molecule has 3 aromatic rings. The Labute approximate surface area is 169 Å². The molecular formula is C23H26N2O4. The Bertz CT molecular complexity index is 1080. The number of benzene rings is 2. The van der Waals surface area contributed by atoms with Gasteiger partial charge in [0.1, 0.15) is 11.8 Å². The summed E-state index contributed by atoms with van der Waals surface area (Å²) in [7, 11) is 1.68. The third kappa shape index (κ3) is 3.43. The van der Waals surface area contributed by atoms with E-state index in [0.717, 1.165) is 37.0 Å². The summed E-state index contributed by atoms with van der Waals surface area (Å²) in [4.78, 5) is 25.3. The first-order valence-corrected chi connectivity index (χ1v) is 10.1.